The van der Waals surface area contributed by atoms with Gasteiger partial charge in [0.2, 0.25) is 5.91 Å². The summed E-state index contributed by atoms with van der Waals surface area (Å²) < 4.78 is 5.23. The molecule has 1 aromatic rings. The maximum absolute atomic E-state index is 12.9. The van der Waals surface area contributed by atoms with E-state index in [-0.39, 0.29) is 11.3 Å². The van der Waals surface area contributed by atoms with Crippen LogP contribution in [0.15, 0.2) is 24.3 Å². The third kappa shape index (κ3) is 2.63. The van der Waals surface area contributed by atoms with E-state index in [9.17, 15) is 9.90 Å². The largest absolute Gasteiger partial charge is 0.497 e. The summed E-state index contributed by atoms with van der Waals surface area (Å²) in [5, 5.41) is 13.9. The number of hydrogen-bond donors (Lipinski definition) is 2. The van der Waals surface area contributed by atoms with Crippen molar-refractivity contribution in [2.24, 2.45) is 17.3 Å². The Morgan fingerprint density at radius 2 is 2.04 bits per heavy atom. The molecular weight excluding hydrogens is 290 g/mol. The minimum Gasteiger partial charge on any atom is -0.497 e. The fourth-order valence-corrected chi connectivity index (χ4v) is 5.63. The van der Waals surface area contributed by atoms with Crippen molar-refractivity contribution in [3.05, 3.63) is 29.8 Å². The summed E-state index contributed by atoms with van der Waals surface area (Å²) in [6.07, 6.45) is 5.55. The molecule has 4 nitrogen and oxygen atoms in total. The summed E-state index contributed by atoms with van der Waals surface area (Å²) in [5.41, 5.74) is 0.121. The van der Waals surface area contributed by atoms with Gasteiger partial charge >= 0.3 is 0 Å². The summed E-state index contributed by atoms with van der Waals surface area (Å²) in [7, 11) is 1.65. The van der Waals surface area contributed by atoms with Gasteiger partial charge in [-0.3, -0.25) is 4.79 Å². The number of nitrogens with one attached hydrogen (secondary N) is 1. The normalized spacial score (nSPS) is 37.7. The maximum Gasteiger partial charge on any atom is 0.226 e. The van der Waals surface area contributed by atoms with Gasteiger partial charge in [0.15, 0.2) is 0 Å². The first kappa shape index (κ1) is 15.0. The van der Waals surface area contributed by atoms with Crippen LogP contribution in [-0.2, 0) is 11.3 Å². The van der Waals surface area contributed by atoms with Crippen LogP contribution in [0.2, 0.25) is 0 Å². The zero-order chi connectivity index (χ0) is 16.1. The predicted octanol–water partition coefficient (Wildman–Crippen LogP) is 2.64. The lowest BCUT2D eigenvalue weighted by atomic mass is 9.47. The Kier molecular flexibility index (Phi) is 3.41. The highest BCUT2D eigenvalue weighted by Gasteiger charge is 2.60. The van der Waals surface area contributed by atoms with Crippen molar-refractivity contribution in [2.45, 2.75) is 50.7 Å². The number of methoxy groups -OCH3 is 1. The van der Waals surface area contributed by atoms with E-state index >= 15 is 0 Å². The molecule has 0 aromatic heterocycles. The molecule has 4 atom stereocenters. The van der Waals surface area contributed by atoms with E-state index in [4.69, 9.17) is 4.74 Å². The first-order valence-electron chi connectivity index (χ1n) is 8.64. The van der Waals surface area contributed by atoms with Gasteiger partial charge in [-0.2, -0.15) is 0 Å². The van der Waals surface area contributed by atoms with E-state index in [0.717, 1.165) is 37.0 Å². The Morgan fingerprint density at radius 1 is 1.30 bits per heavy atom. The van der Waals surface area contributed by atoms with Crippen molar-refractivity contribution < 1.29 is 14.6 Å². The van der Waals surface area contributed by atoms with Crippen LogP contribution >= 0.6 is 0 Å². The van der Waals surface area contributed by atoms with Gasteiger partial charge in [0.1, 0.15) is 5.75 Å². The highest BCUT2D eigenvalue weighted by molar-refractivity contribution is 5.83. The topological polar surface area (TPSA) is 58.6 Å². The Balaban J connectivity index is 1.46. The van der Waals surface area contributed by atoms with E-state index < -0.39 is 5.60 Å². The van der Waals surface area contributed by atoms with Crippen molar-refractivity contribution >= 4 is 5.91 Å². The Bertz CT molecular complexity index is 613. The number of ether oxygens (including phenoxy) is 1. The van der Waals surface area contributed by atoms with Gasteiger partial charge in [0, 0.05) is 6.54 Å². The number of hydrogen-bond acceptors (Lipinski definition) is 3. The first-order valence-corrected chi connectivity index (χ1v) is 8.64. The van der Waals surface area contributed by atoms with Gasteiger partial charge < -0.3 is 15.2 Å². The quantitative estimate of drug-likeness (QED) is 0.898. The van der Waals surface area contributed by atoms with E-state index in [1.54, 1.807) is 7.11 Å². The zero-order valence-corrected chi connectivity index (χ0v) is 13.7. The molecule has 1 aromatic carbocycles. The predicted molar refractivity (Wildman–Crippen MR) is 86.9 cm³/mol. The molecule has 0 spiro atoms. The molecule has 2 unspecified atom stereocenters. The monoisotopic (exact) mass is 315 g/mol. The van der Waals surface area contributed by atoms with Gasteiger partial charge in [-0.1, -0.05) is 12.1 Å². The van der Waals surface area contributed by atoms with Crippen molar-refractivity contribution in [1.29, 1.82) is 0 Å². The average Bonchev–Trinajstić information content (AvgIpc) is 2.50. The molecule has 5 rings (SSSR count). The number of rotatable bonds is 4. The van der Waals surface area contributed by atoms with Crippen molar-refractivity contribution in [2.75, 3.05) is 7.11 Å². The Hall–Kier alpha value is -1.55. The number of amides is 1. The number of aliphatic hydroxyl groups is 1. The highest BCUT2D eigenvalue weighted by atomic mass is 16.5. The molecule has 0 aliphatic heterocycles. The lowest BCUT2D eigenvalue weighted by molar-refractivity contribution is -0.178. The van der Waals surface area contributed by atoms with Crippen LogP contribution in [-0.4, -0.2) is 23.7 Å². The number of benzene rings is 1. The van der Waals surface area contributed by atoms with Crippen molar-refractivity contribution in [1.82, 2.24) is 5.32 Å². The molecule has 124 valence electrons. The summed E-state index contributed by atoms with van der Waals surface area (Å²) in [6.45, 7) is 0.519. The summed E-state index contributed by atoms with van der Waals surface area (Å²) in [4.78, 5) is 12.9. The van der Waals surface area contributed by atoms with Crippen LogP contribution in [0.3, 0.4) is 0 Å². The molecular formula is C19H25NO3. The molecule has 4 aliphatic carbocycles. The second-order valence-electron chi connectivity index (χ2n) is 8.00. The van der Waals surface area contributed by atoms with Crippen LogP contribution in [0.5, 0.6) is 5.75 Å². The van der Waals surface area contributed by atoms with E-state index in [0.29, 0.717) is 24.8 Å². The van der Waals surface area contributed by atoms with E-state index in [2.05, 4.69) is 5.32 Å². The fourth-order valence-electron chi connectivity index (χ4n) is 5.63. The standard InChI is InChI=1S/C19H25NO3/c1-23-16-4-2-3-13(6-16)11-20-17(21)18-7-14-5-15(8-18)10-19(22,9-14)12-18/h2-4,6,14-15,22H,5,7-12H2,1H3,(H,20,21)/t14-,15+,18?,19?. The third-order valence-electron chi connectivity index (χ3n) is 6.10. The summed E-state index contributed by atoms with van der Waals surface area (Å²) in [6, 6.07) is 7.79. The molecule has 0 saturated heterocycles. The van der Waals surface area contributed by atoms with Crippen LogP contribution in [0, 0.1) is 17.3 Å². The number of carbonyl (C=O) groups is 1. The molecule has 4 bridgehead atoms. The van der Waals surface area contributed by atoms with E-state index in [1.165, 1.54) is 6.42 Å². The first-order chi connectivity index (χ1) is 11.0. The van der Waals surface area contributed by atoms with Crippen LogP contribution in [0.25, 0.3) is 0 Å². The second-order valence-corrected chi connectivity index (χ2v) is 8.00. The second kappa shape index (κ2) is 5.23. The molecule has 2 N–H and O–H groups in total. The minimum atomic E-state index is -0.586. The molecule has 0 heterocycles. The smallest absolute Gasteiger partial charge is 0.226 e. The molecule has 0 radical (unpaired) electrons. The Labute approximate surface area is 137 Å². The van der Waals surface area contributed by atoms with Crippen molar-refractivity contribution in [3.8, 4) is 5.75 Å². The van der Waals surface area contributed by atoms with Gasteiger partial charge in [-0.25, -0.2) is 0 Å². The lowest BCUT2D eigenvalue weighted by Gasteiger charge is -2.59. The molecule has 23 heavy (non-hydrogen) atoms. The SMILES string of the molecule is COc1cccc(CNC(=O)C23C[C@@H]4C[C@@H](CC(O)(C4)C2)C3)c1. The molecule has 4 fully saturated rings. The van der Waals surface area contributed by atoms with Gasteiger partial charge in [-0.15, -0.1) is 0 Å². The number of carbonyl (C=O) groups excluding carboxylic acids is 1. The maximum atomic E-state index is 12.9. The lowest BCUT2D eigenvalue weighted by Crippen LogP contribution is -2.60. The molecule has 1 amide bonds. The minimum absolute atomic E-state index is 0.132. The van der Waals surface area contributed by atoms with E-state index in [1.807, 2.05) is 24.3 Å². The molecule has 4 heteroatoms. The molecule has 4 saturated carbocycles. The van der Waals surface area contributed by atoms with Gasteiger partial charge in [0.05, 0.1) is 18.1 Å². The van der Waals surface area contributed by atoms with Crippen molar-refractivity contribution in [3.63, 3.8) is 0 Å². The zero-order valence-electron chi connectivity index (χ0n) is 13.7. The van der Waals surface area contributed by atoms with Crippen LogP contribution < -0.4 is 10.1 Å². The summed E-state index contributed by atoms with van der Waals surface area (Å²) >= 11 is 0. The fraction of sp³-hybridized carbons (Fsp3) is 0.632. The van der Waals surface area contributed by atoms with Crippen LogP contribution in [0.1, 0.15) is 44.1 Å². The average molecular weight is 315 g/mol. The summed E-state index contributed by atoms with van der Waals surface area (Å²) in [5.74, 6) is 2.00. The Morgan fingerprint density at radius 3 is 2.70 bits per heavy atom. The highest BCUT2D eigenvalue weighted by Crippen LogP contribution is 2.61. The molecule has 4 aliphatic rings. The van der Waals surface area contributed by atoms with Crippen LogP contribution in [0.4, 0.5) is 0 Å². The van der Waals surface area contributed by atoms with Gasteiger partial charge in [0.25, 0.3) is 0 Å². The third-order valence-corrected chi connectivity index (χ3v) is 6.10. The van der Waals surface area contributed by atoms with Gasteiger partial charge in [-0.05, 0) is 68.1 Å².